The highest BCUT2D eigenvalue weighted by Gasteiger charge is 2.31. The van der Waals surface area contributed by atoms with Gasteiger partial charge in [-0.1, -0.05) is 38.1 Å². The fourth-order valence-corrected chi connectivity index (χ4v) is 2.07. The van der Waals surface area contributed by atoms with Gasteiger partial charge >= 0.3 is 0 Å². The lowest BCUT2D eigenvalue weighted by Gasteiger charge is -2.12. The SMILES string of the molecule is CC.CN(C)C(=O)CC1Cc2ccccc2C1=O. The average molecular weight is 247 g/mol. The first-order valence-corrected chi connectivity index (χ1v) is 6.42. The number of nitrogens with zero attached hydrogens (tertiary/aromatic N) is 1. The molecule has 0 fully saturated rings. The monoisotopic (exact) mass is 247 g/mol. The summed E-state index contributed by atoms with van der Waals surface area (Å²) in [5, 5.41) is 0. The lowest BCUT2D eigenvalue weighted by molar-refractivity contribution is -0.129. The third-order valence-electron chi connectivity index (χ3n) is 3.04. The molecule has 0 radical (unpaired) electrons. The lowest BCUT2D eigenvalue weighted by Crippen LogP contribution is -2.26. The van der Waals surface area contributed by atoms with E-state index in [0.29, 0.717) is 12.8 Å². The number of carbonyl (C=O) groups is 2. The van der Waals surface area contributed by atoms with Crippen LogP contribution < -0.4 is 0 Å². The van der Waals surface area contributed by atoms with Gasteiger partial charge in [-0.15, -0.1) is 0 Å². The number of Topliss-reactive ketones (excluding diaryl/α,β-unsaturated/α-hetero) is 1. The molecule has 1 aromatic rings. The van der Waals surface area contributed by atoms with E-state index in [-0.39, 0.29) is 17.6 Å². The molecule has 0 spiro atoms. The van der Waals surface area contributed by atoms with E-state index in [1.165, 1.54) is 4.90 Å². The molecule has 1 aromatic carbocycles. The molecule has 0 saturated carbocycles. The van der Waals surface area contributed by atoms with Crippen LogP contribution in [0.3, 0.4) is 0 Å². The number of hydrogen-bond donors (Lipinski definition) is 0. The third kappa shape index (κ3) is 2.97. The Morgan fingerprint density at radius 1 is 1.28 bits per heavy atom. The summed E-state index contributed by atoms with van der Waals surface area (Å²) in [6.45, 7) is 4.00. The molecule has 0 heterocycles. The van der Waals surface area contributed by atoms with Crippen molar-refractivity contribution in [3.63, 3.8) is 0 Å². The number of rotatable bonds is 2. The molecule has 1 amide bonds. The predicted octanol–water partition coefficient (Wildman–Crippen LogP) is 2.55. The van der Waals surface area contributed by atoms with Crippen LogP contribution >= 0.6 is 0 Å². The second kappa shape index (κ2) is 6.34. The van der Waals surface area contributed by atoms with E-state index in [0.717, 1.165) is 11.1 Å². The van der Waals surface area contributed by atoms with Gasteiger partial charge in [0.2, 0.25) is 5.91 Å². The maximum Gasteiger partial charge on any atom is 0.222 e. The standard InChI is InChI=1S/C13H15NO2.C2H6/c1-14(2)12(15)8-10-7-9-5-3-4-6-11(9)13(10)16;1-2/h3-6,10H,7-8H2,1-2H3;1-2H3. The zero-order chi connectivity index (χ0) is 13.7. The Labute approximate surface area is 109 Å². The molecule has 3 heteroatoms. The van der Waals surface area contributed by atoms with Gasteiger partial charge in [0.1, 0.15) is 0 Å². The highest BCUT2D eigenvalue weighted by atomic mass is 16.2. The fraction of sp³-hybridized carbons (Fsp3) is 0.467. The van der Waals surface area contributed by atoms with E-state index in [1.807, 2.05) is 38.1 Å². The summed E-state index contributed by atoms with van der Waals surface area (Å²) in [5.41, 5.74) is 1.86. The number of amides is 1. The maximum atomic E-state index is 12.0. The van der Waals surface area contributed by atoms with Crippen molar-refractivity contribution in [3.8, 4) is 0 Å². The largest absolute Gasteiger partial charge is 0.349 e. The Kier molecular flexibility index (Phi) is 5.08. The van der Waals surface area contributed by atoms with Gasteiger partial charge in [-0.05, 0) is 12.0 Å². The molecule has 98 valence electrons. The minimum Gasteiger partial charge on any atom is -0.349 e. The molecule has 0 saturated heterocycles. The lowest BCUT2D eigenvalue weighted by atomic mass is 10.0. The molecule has 0 N–H and O–H groups in total. The van der Waals surface area contributed by atoms with Crippen LogP contribution in [0, 0.1) is 5.92 Å². The van der Waals surface area contributed by atoms with Crippen molar-refractivity contribution in [2.24, 2.45) is 5.92 Å². The Bertz CT molecular complexity index is 438. The van der Waals surface area contributed by atoms with Gasteiger partial charge in [-0.25, -0.2) is 0 Å². The Morgan fingerprint density at radius 2 is 1.89 bits per heavy atom. The number of ketones is 1. The molecule has 0 bridgehead atoms. The van der Waals surface area contributed by atoms with Gasteiger partial charge in [-0.3, -0.25) is 9.59 Å². The molecule has 1 unspecified atom stereocenters. The second-order valence-corrected chi connectivity index (χ2v) is 4.41. The van der Waals surface area contributed by atoms with Crippen LogP contribution in [0.15, 0.2) is 24.3 Å². The van der Waals surface area contributed by atoms with Gasteiger partial charge < -0.3 is 4.90 Å². The molecule has 3 nitrogen and oxygen atoms in total. The molecule has 0 aromatic heterocycles. The third-order valence-corrected chi connectivity index (χ3v) is 3.04. The van der Waals surface area contributed by atoms with Crippen molar-refractivity contribution >= 4 is 11.7 Å². The van der Waals surface area contributed by atoms with Crippen molar-refractivity contribution in [3.05, 3.63) is 35.4 Å². The topological polar surface area (TPSA) is 37.4 Å². The van der Waals surface area contributed by atoms with Crippen molar-refractivity contribution in [2.75, 3.05) is 14.1 Å². The first-order valence-electron chi connectivity index (χ1n) is 6.42. The summed E-state index contributed by atoms with van der Waals surface area (Å²) >= 11 is 0. The number of benzene rings is 1. The Balaban J connectivity index is 0.000000771. The highest BCUT2D eigenvalue weighted by Crippen LogP contribution is 2.28. The van der Waals surface area contributed by atoms with Crippen LogP contribution in [-0.4, -0.2) is 30.7 Å². The first-order chi connectivity index (χ1) is 8.59. The van der Waals surface area contributed by atoms with Gasteiger partial charge in [0, 0.05) is 32.0 Å². The van der Waals surface area contributed by atoms with Crippen molar-refractivity contribution in [1.82, 2.24) is 4.90 Å². The van der Waals surface area contributed by atoms with Crippen LogP contribution in [0.4, 0.5) is 0 Å². The summed E-state index contributed by atoms with van der Waals surface area (Å²) < 4.78 is 0. The summed E-state index contributed by atoms with van der Waals surface area (Å²) in [7, 11) is 3.43. The van der Waals surface area contributed by atoms with Crippen molar-refractivity contribution < 1.29 is 9.59 Å². The van der Waals surface area contributed by atoms with Gasteiger partial charge in [0.25, 0.3) is 0 Å². The molecule has 1 aliphatic carbocycles. The summed E-state index contributed by atoms with van der Waals surface area (Å²) in [6.07, 6.45) is 1.02. The van der Waals surface area contributed by atoms with Gasteiger partial charge in [0.15, 0.2) is 5.78 Å². The molecular weight excluding hydrogens is 226 g/mol. The van der Waals surface area contributed by atoms with Crippen LogP contribution in [0.2, 0.25) is 0 Å². The quantitative estimate of drug-likeness (QED) is 0.805. The predicted molar refractivity (Wildman–Crippen MR) is 72.6 cm³/mol. The minimum absolute atomic E-state index is 0.0196. The van der Waals surface area contributed by atoms with E-state index in [1.54, 1.807) is 14.1 Å². The van der Waals surface area contributed by atoms with E-state index in [4.69, 9.17) is 0 Å². The number of hydrogen-bond acceptors (Lipinski definition) is 2. The Morgan fingerprint density at radius 3 is 2.44 bits per heavy atom. The highest BCUT2D eigenvalue weighted by molar-refractivity contribution is 6.03. The van der Waals surface area contributed by atoms with Crippen molar-refractivity contribution in [1.29, 1.82) is 0 Å². The zero-order valence-electron chi connectivity index (χ0n) is 11.6. The molecule has 0 aliphatic heterocycles. The summed E-state index contributed by atoms with van der Waals surface area (Å²) in [5.74, 6) is -0.0238. The molecule has 2 rings (SSSR count). The number of fused-ring (bicyclic) bond motifs is 1. The molecule has 1 atom stereocenters. The smallest absolute Gasteiger partial charge is 0.222 e. The second-order valence-electron chi connectivity index (χ2n) is 4.41. The fourth-order valence-electron chi connectivity index (χ4n) is 2.07. The van der Waals surface area contributed by atoms with Crippen LogP contribution in [0.5, 0.6) is 0 Å². The van der Waals surface area contributed by atoms with Crippen LogP contribution in [0.25, 0.3) is 0 Å². The normalized spacial score (nSPS) is 16.7. The summed E-state index contributed by atoms with van der Waals surface area (Å²) in [4.78, 5) is 25.1. The summed E-state index contributed by atoms with van der Waals surface area (Å²) in [6, 6.07) is 7.61. The van der Waals surface area contributed by atoms with E-state index >= 15 is 0 Å². The minimum atomic E-state index is -0.160. The van der Waals surface area contributed by atoms with E-state index < -0.39 is 0 Å². The van der Waals surface area contributed by atoms with Gasteiger partial charge in [0.05, 0.1) is 0 Å². The molecular formula is C15H21NO2. The van der Waals surface area contributed by atoms with Crippen LogP contribution in [-0.2, 0) is 11.2 Å². The van der Waals surface area contributed by atoms with E-state index in [2.05, 4.69) is 0 Å². The van der Waals surface area contributed by atoms with Gasteiger partial charge in [-0.2, -0.15) is 0 Å². The average Bonchev–Trinajstić information content (AvgIpc) is 2.69. The number of carbonyl (C=O) groups excluding carboxylic acids is 2. The zero-order valence-corrected chi connectivity index (χ0v) is 11.6. The first kappa shape index (κ1) is 14.4. The molecule has 18 heavy (non-hydrogen) atoms. The molecule has 1 aliphatic rings. The maximum absolute atomic E-state index is 12.0. The van der Waals surface area contributed by atoms with Crippen LogP contribution in [0.1, 0.15) is 36.2 Å². The Hall–Kier alpha value is -1.64. The van der Waals surface area contributed by atoms with Crippen molar-refractivity contribution in [2.45, 2.75) is 26.7 Å². The van der Waals surface area contributed by atoms with E-state index in [9.17, 15) is 9.59 Å².